The van der Waals surface area contributed by atoms with Crippen LogP contribution in [0.15, 0.2) is 48.6 Å². The number of hydrogen-bond donors (Lipinski definition) is 9. The van der Waals surface area contributed by atoms with Gasteiger partial charge in [0.15, 0.2) is 12.6 Å². The van der Waals surface area contributed by atoms with E-state index < -0.39 is 86.8 Å². The summed E-state index contributed by atoms with van der Waals surface area (Å²) < 4.78 is 22.8. The van der Waals surface area contributed by atoms with Crippen molar-refractivity contribution in [2.45, 2.75) is 357 Å². The van der Waals surface area contributed by atoms with Gasteiger partial charge in [0.2, 0.25) is 5.91 Å². The first-order valence-corrected chi connectivity index (χ1v) is 33.9. The molecule has 0 bridgehead atoms. The van der Waals surface area contributed by atoms with Crippen LogP contribution in [0.4, 0.5) is 0 Å². The van der Waals surface area contributed by atoms with Gasteiger partial charge in [-0.2, -0.15) is 0 Å². The Bertz CT molecular complexity index is 1560. The smallest absolute Gasteiger partial charge is 0.220 e. The molecule has 12 atom stereocenters. The first-order valence-electron chi connectivity index (χ1n) is 33.9. The molecule has 0 aliphatic carbocycles. The number of carbonyl (C=O) groups is 1. The summed E-state index contributed by atoms with van der Waals surface area (Å²) in [6, 6.07) is -0.936. The molecule has 0 radical (unpaired) electrons. The van der Waals surface area contributed by atoms with E-state index in [0.29, 0.717) is 12.8 Å². The minimum atomic E-state index is -1.79. The predicted molar refractivity (Wildman–Crippen MR) is 332 cm³/mol. The molecule has 14 heteroatoms. The Morgan fingerprint density at radius 2 is 0.817 bits per heavy atom. The predicted octanol–water partition coefficient (Wildman–Crippen LogP) is 13.1. The minimum Gasteiger partial charge on any atom is -0.394 e. The molecule has 1 amide bonds. The molecule has 14 nitrogen and oxygen atoms in total. The van der Waals surface area contributed by atoms with Crippen LogP contribution >= 0.6 is 0 Å². The SMILES string of the molecule is CCCCC/C=C\C/C=C\CCCCCCCCCCCC(=O)NC(COC1OC(CO)C(OC2OC(CO)C(O)C(O)C2O)C(O)C1O)C(O)/C=C/CC/C=C/CCCCCCCCCCCCCCCCCCCCCCCCC. The molecule has 2 fully saturated rings. The van der Waals surface area contributed by atoms with Crippen molar-refractivity contribution in [2.75, 3.05) is 19.8 Å². The van der Waals surface area contributed by atoms with Gasteiger partial charge < -0.3 is 65.1 Å². The summed E-state index contributed by atoms with van der Waals surface area (Å²) in [5, 5.41) is 87.3. The summed E-state index contributed by atoms with van der Waals surface area (Å²) in [5.41, 5.74) is 0. The number of nitrogens with one attached hydrogen (secondary N) is 1. The molecule has 2 rings (SSSR count). The van der Waals surface area contributed by atoms with Gasteiger partial charge in [-0.1, -0.05) is 262 Å². The molecule has 0 aromatic heterocycles. The highest BCUT2D eigenvalue weighted by atomic mass is 16.7. The lowest BCUT2D eigenvalue weighted by Gasteiger charge is -2.46. The van der Waals surface area contributed by atoms with Crippen molar-refractivity contribution in [1.82, 2.24) is 5.32 Å². The van der Waals surface area contributed by atoms with E-state index >= 15 is 0 Å². The second-order valence-electron chi connectivity index (χ2n) is 23.9. The van der Waals surface area contributed by atoms with Crippen LogP contribution in [-0.2, 0) is 23.7 Å². The van der Waals surface area contributed by atoms with Crippen molar-refractivity contribution in [2.24, 2.45) is 0 Å². The quantitative estimate of drug-likeness (QED) is 0.0204. The van der Waals surface area contributed by atoms with Gasteiger partial charge in [-0.25, -0.2) is 0 Å². The van der Waals surface area contributed by atoms with Gasteiger partial charge in [-0.15, -0.1) is 0 Å². The molecule has 82 heavy (non-hydrogen) atoms. The zero-order chi connectivity index (χ0) is 59.5. The van der Waals surface area contributed by atoms with Crippen LogP contribution in [-0.4, -0.2) is 140 Å². The zero-order valence-corrected chi connectivity index (χ0v) is 52.0. The lowest BCUT2D eigenvalue weighted by Crippen LogP contribution is -2.65. The Morgan fingerprint density at radius 3 is 1.29 bits per heavy atom. The molecule has 2 aliphatic heterocycles. The third kappa shape index (κ3) is 37.5. The maximum absolute atomic E-state index is 13.3. The first kappa shape index (κ1) is 76.0. The number of amides is 1. The normalized spacial score (nSPS) is 24.2. The summed E-state index contributed by atoms with van der Waals surface area (Å²) in [4.78, 5) is 13.3. The van der Waals surface area contributed by atoms with Crippen molar-refractivity contribution in [3.05, 3.63) is 48.6 Å². The maximum Gasteiger partial charge on any atom is 0.220 e. The van der Waals surface area contributed by atoms with Crippen LogP contribution in [0.2, 0.25) is 0 Å². The summed E-state index contributed by atoms with van der Waals surface area (Å²) in [7, 11) is 0. The molecular weight excluding hydrogens is 1040 g/mol. The number of allylic oxidation sites excluding steroid dienone is 7. The van der Waals surface area contributed by atoms with Crippen LogP contribution in [0.3, 0.4) is 0 Å². The van der Waals surface area contributed by atoms with Gasteiger partial charge in [0, 0.05) is 6.42 Å². The number of carbonyl (C=O) groups excluding carboxylic acids is 1. The molecule has 2 aliphatic rings. The fraction of sp³-hybridized carbons (Fsp3) is 0.868. The van der Waals surface area contributed by atoms with E-state index in [1.807, 2.05) is 6.08 Å². The number of hydrogen-bond acceptors (Lipinski definition) is 13. The standard InChI is InChI=1S/C68H125NO13/c1-3-5-7-9-11-13-15-17-19-21-23-24-25-26-27-28-29-30-31-32-34-35-37-39-41-43-45-47-49-51-57(72)56(69-60(73)52-50-48-46-44-42-40-38-36-33-22-20-18-16-14-12-10-8-6-4-2)55-79-67-65(78)63(76)66(59(54-71)81-67)82-68-64(77)62(75)61(74)58(53-70)80-68/h12,14,18,20,41,43,49,51,56-59,61-68,70-72,74-78H,3-11,13,15-17,19,21-40,42,44-48,50,52-55H2,1-2H3,(H,69,73)/b14-12-,20-18-,43-41+,51-49+. The average molecular weight is 1160 g/mol. The lowest BCUT2D eigenvalue weighted by atomic mass is 9.97. The second kappa shape index (κ2) is 53.2. The van der Waals surface area contributed by atoms with Crippen molar-refractivity contribution >= 4 is 5.91 Å². The van der Waals surface area contributed by atoms with E-state index in [9.17, 15) is 45.6 Å². The first-order chi connectivity index (χ1) is 40.1. The Hall–Kier alpha value is -2.05. The molecule has 0 aromatic rings. The van der Waals surface area contributed by atoms with Gasteiger partial charge in [0.25, 0.3) is 0 Å². The van der Waals surface area contributed by atoms with Crippen LogP contribution in [0, 0.1) is 0 Å². The Balaban J connectivity index is 1.71. The molecule has 0 saturated carbocycles. The van der Waals surface area contributed by atoms with Crippen molar-refractivity contribution < 1.29 is 64.6 Å². The van der Waals surface area contributed by atoms with Gasteiger partial charge >= 0.3 is 0 Å². The number of rotatable bonds is 55. The molecule has 2 saturated heterocycles. The van der Waals surface area contributed by atoms with Crippen molar-refractivity contribution in [3.8, 4) is 0 Å². The molecule has 0 spiro atoms. The van der Waals surface area contributed by atoms with E-state index in [1.165, 1.54) is 205 Å². The third-order valence-electron chi connectivity index (χ3n) is 16.5. The van der Waals surface area contributed by atoms with Gasteiger partial charge in [-0.05, 0) is 64.2 Å². The average Bonchev–Trinajstić information content (AvgIpc) is 3.67. The minimum absolute atomic E-state index is 0.252. The maximum atomic E-state index is 13.3. The van der Waals surface area contributed by atoms with E-state index in [-0.39, 0.29) is 18.9 Å². The third-order valence-corrected chi connectivity index (χ3v) is 16.5. The van der Waals surface area contributed by atoms with E-state index in [0.717, 1.165) is 44.9 Å². The van der Waals surface area contributed by atoms with Gasteiger partial charge in [-0.3, -0.25) is 4.79 Å². The van der Waals surface area contributed by atoms with E-state index in [4.69, 9.17) is 18.9 Å². The van der Waals surface area contributed by atoms with Gasteiger partial charge in [0.05, 0.1) is 32.0 Å². The van der Waals surface area contributed by atoms with Crippen LogP contribution in [0.5, 0.6) is 0 Å². The van der Waals surface area contributed by atoms with Crippen molar-refractivity contribution in [1.29, 1.82) is 0 Å². The van der Waals surface area contributed by atoms with Crippen LogP contribution in [0.1, 0.15) is 284 Å². The number of unbranched alkanes of at least 4 members (excludes halogenated alkanes) is 36. The molecule has 9 N–H and O–H groups in total. The van der Waals surface area contributed by atoms with E-state index in [2.05, 4.69) is 55.6 Å². The Kier molecular flexibility index (Phi) is 49.3. The second-order valence-corrected chi connectivity index (χ2v) is 23.9. The Labute approximate surface area is 499 Å². The van der Waals surface area contributed by atoms with Gasteiger partial charge in [0.1, 0.15) is 48.8 Å². The van der Waals surface area contributed by atoms with Crippen LogP contribution < -0.4 is 5.32 Å². The molecular formula is C68H125NO13. The molecule has 2 heterocycles. The largest absolute Gasteiger partial charge is 0.394 e. The monoisotopic (exact) mass is 1160 g/mol. The summed E-state index contributed by atoms with van der Waals surface area (Å²) in [5.74, 6) is -0.252. The lowest BCUT2D eigenvalue weighted by molar-refractivity contribution is -0.359. The Morgan fingerprint density at radius 1 is 0.439 bits per heavy atom. The number of ether oxygens (including phenoxy) is 4. The highest BCUT2D eigenvalue weighted by Crippen LogP contribution is 2.30. The zero-order valence-electron chi connectivity index (χ0n) is 52.0. The molecule has 480 valence electrons. The summed E-state index contributed by atoms with van der Waals surface area (Å²) in [6.45, 7) is 2.78. The fourth-order valence-electron chi connectivity index (χ4n) is 11.0. The highest BCUT2D eigenvalue weighted by Gasteiger charge is 2.51. The topological polar surface area (TPSA) is 228 Å². The fourth-order valence-corrected chi connectivity index (χ4v) is 11.0. The molecule has 12 unspecified atom stereocenters. The summed E-state index contributed by atoms with van der Waals surface area (Å²) in [6.07, 6.45) is 51.7. The summed E-state index contributed by atoms with van der Waals surface area (Å²) >= 11 is 0. The number of aliphatic hydroxyl groups is 8. The van der Waals surface area contributed by atoms with E-state index in [1.54, 1.807) is 6.08 Å². The highest BCUT2D eigenvalue weighted by molar-refractivity contribution is 5.76. The van der Waals surface area contributed by atoms with Crippen molar-refractivity contribution in [3.63, 3.8) is 0 Å². The van der Waals surface area contributed by atoms with Crippen LogP contribution in [0.25, 0.3) is 0 Å². The number of aliphatic hydroxyl groups excluding tert-OH is 8. The molecule has 0 aromatic carbocycles.